The average Bonchev–Trinajstić information content (AvgIpc) is 2.28. The van der Waals surface area contributed by atoms with Crippen LogP contribution in [0.2, 0.25) is 0 Å². The third-order valence-electron chi connectivity index (χ3n) is 1.95. The Bertz CT molecular complexity index is 296. The standard InChI is InChI=1S/C10H18N2O4S/c1-6(5-8(13)16-4)17-7(2)9(14)12-10(15)11-3/h6-7H,5H2,1-4H3,(H2,11,12,14,15). The summed E-state index contributed by atoms with van der Waals surface area (Å²) >= 11 is 1.31. The quantitative estimate of drug-likeness (QED) is 0.705. The molecule has 0 aromatic carbocycles. The van der Waals surface area contributed by atoms with Gasteiger partial charge in [-0.1, -0.05) is 6.92 Å². The monoisotopic (exact) mass is 262 g/mol. The van der Waals surface area contributed by atoms with Gasteiger partial charge in [-0.2, -0.15) is 0 Å². The first-order valence-corrected chi connectivity index (χ1v) is 6.09. The van der Waals surface area contributed by atoms with Crippen LogP contribution in [-0.2, 0) is 14.3 Å². The van der Waals surface area contributed by atoms with Gasteiger partial charge in [-0.3, -0.25) is 14.9 Å². The largest absolute Gasteiger partial charge is 0.469 e. The van der Waals surface area contributed by atoms with Gasteiger partial charge < -0.3 is 10.1 Å². The Kier molecular flexibility index (Phi) is 7.36. The Morgan fingerprint density at radius 3 is 2.35 bits per heavy atom. The van der Waals surface area contributed by atoms with E-state index in [4.69, 9.17) is 0 Å². The molecule has 0 heterocycles. The number of nitrogens with one attached hydrogen (secondary N) is 2. The Balaban J connectivity index is 4.06. The minimum absolute atomic E-state index is 0.0483. The molecule has 0 spiro atoms. The first-order chi connectivity index (χ1) is 7.90. The van der Waals surface area contributed by atoms with Crippen molar-refractivity contribution in [2.45, 2.75) is 30.8 Å². The number of carbonyl (C=O) groups is 3. The third-order valence-corrected chi connectivity index (χ3v) is 3.20. The van der Waals surface area contributed by atoms with Crippen LogP contribution in [0.1, 0.15) is 20.3 Å². The molecule has 3 amide bonds. The van der Waals surface area contributed by atoms with E-state index in [0.29, 0.717) is 0 Å². The summed E-state index contributed by atoms with van der Waals surface area (Å²) < 4.78 is 4.53. The fourth-order valence-corrected chi connectivity index (χ4v) is 2.16. The molecule has 7 heteroatoms. The van der Waals surface area contributed by atoms with E-state index in [1.807, 2.05) is 6.92 Å². The zero-order chi connectivity index (χ0) is 13.4. The fourth-order valence-electron chi connectivity index (χ4n) is 1.05. The Morgan fingerprint density at radius 1 is 1.29 bits per heavy atom. The summed E-state index contributed by atoms with van der Waals surface area (Å²) in [5.41, 5.74) is 0. The van der Waals surface area contributed by atoms with Crippen molar-refractivity contribution in [3.63, 3.8) is 0 Å². The fraction of sp³-hybridized carbons (Fsp3) is 0.700. The summed E-state index contributed by atoms with van der Waals surface area (Å²) in [6.07, 6.45) is 0.235. The molecule has 2 atom stereocenters. The van der Waals surface area contributed by atoms with Crippen molar-refractivity contribution in [3.8, 4) is 0 Å². The summed E-state index contributed by atoms with van der Waals surface area (Å²) in [7, 11) is 2.75. The molecule has 6 nitrogen and oxygen atoms in total. The normalized spacial score (nSPS) is 13.4. The molecule has 17 heavy (non-hydrogen) atoms. The summed E-state index contributed by atoms with van der Waals surface area (Å²) in [6.45, 7) is 3.50. The summed E-state index contributed by atoms with van der Waals surface area (Å²) in [4.78, 5) is 33.4. The minimum atomic E-state index is -0.539. The molecule has 2 unspecified atom stereocenters. The highest BCUT2D eigenvalue weighted by Crippen LogP contribution is 2.20. The molecule has 0 radical (unpaired) electrons. The van der Waals surface area contributed by atoms with Gasteiger partial charge in [-0.15, -0.1) is 11.8 Å². The molecule has 0 fully saturated rings. The number of thioether (sulfide) groups is 1. The van der Waals surface area contributed by atoms with Crippen molar-refractivity contribution in [3.05, 3.63) is 0 Å². The van der Waals surface area contributed by atoms with E-state index in [2.05, 4.69) is 15.4 Å². The molecular formula is C10H18N2O4S. The van der Waals surface area contributed by atoms with Gasteiger partial charge in [-0.05, 0) is 6.92 Å². The van der Waals surface area contributed by atoms with Gasteiger partial charge >= 0.3 is 12.0 Å². The average molecular weight is 262 g/mol. The number of urea groups is 1. The Labute approximate surface area is 105 Å². The van der Waals surface area contributed by atoms with Crippen molar-refractivity contribution in [1.29, 1.82) is 0 Å². The number of imide groups is 1. The number of ether oxygens (including phenoxy) is 1. The molecule has 0 aromatic heterocycles. The van der Waals surface area contributed by atoms with Gasteiger partial charge in [0.15, 0.2) is 0 Å². The van der Waals surface area contributed by atoms with Gasteiger partial charge in [0.25, 0.3) is 0 Å². The third kappa shape index (κ3) is 6.83. The van der Waals surface area contributed by atoms with Crippen LogP contribution in [0.4, 0.5) is 4.79 Å². The van der Waals surface area contributed by atoms with Crippen molar-refractivity contribution in [2.24, 2.45) is 0 Å². The van der Waals surface area contributed by atoms with Crippen molar-refractivity contribution in [2.75, 3.05) is 14.2 Å². The second-order valence-corrected chi connectivity index (χ2v) is 5.22. The van der Waals surface area contributed by atoms with Crippen molar-refractivity contribution >= 4 is 29.7 Å². The van der Waals surface area contributed by atoms with Gasteiger partial charge in [0.1, 0.15) is 0 Å². The predicted molar refractivity (Wildman–Crippen MR) is 65.7 cm³/mol. The molecule has 0 rings (SSSR count). The first-order valence-electron chi connectivity index (χ1n) is 5.15. The maximum atomic E-state index is 11.5. The summed E-state index contributed by atoms with van der Waals surface area (Å²) in [6, 6.07) is -0.539. The summed E-state index contributed by atoms with van der Waals surface area (Å²) in [5, 5.41) is 4.01. The number of hydrogen-bond donors (Lipinski definition) is 2. The van der Waals surface area contributed by atoms with Crippen LogP contribution in [-0.4, -0.2) is 42.6 Å². The SMILES string of the molecule is CNC(=O)NC(=O)C(C)SC(C)CC(=O)OC. The topological polar surface area (TPSA) is 84.5 Å². The number of esters is 1. The van der Waals surface area contributed by atoms with E-state index in [-0.39, 0.29) is 23.5 Å². The molecule has 0 aliphatic heterocycles. The van der Waals surface area contributed by atoms with E-state index < -0.39 is 11.3 Å². The van der Waals surface area contributed by atoms with Crippen LogP contribution in [0.3, 0.4) is 0 Å². The van der Waals surface area contributed by atoms with Crippen LogP contribution < -0.4 is 10.6 Å². The van der Waals surface area contributed by atoms with E-state index in [1.165, 1.54) is 25.9 Å². The van der Waals surface area contributed by atoms with Crippen LogP contribution in [0.5, 0.6) is 0 Å². The van der Waals surface area contributed by atoms with Crippen molar-refractivity contribution < 1.29 is 19.1 Å². The van der Waals surface area contributed by atoms with Crippen LogP contribution in [0.25, 0.3) is 0 Å². The zero-order valence-corrected chi connectivity index (χ0v) is 11.2. The highest BCUT2D eigenvalue weighted by molar-refractivity contribution is 8.01. The van der Waals surface area contributed by atoms with E-state index in [0.717, 1.165) is 0 Å². The molecule has 98 valence electrons. The summed E-state index contributed by atoms with van der Waals surface area (Å²) in [5.74, 6) is -0.699. The lowest BCUT2D eigenvalue weighted by molar-refractivity contribution is -0.140. The number of carbonyl (C=O) groups excluding carboxylic acids is 3. The van der Waals surface area contributed by atoms with E-state index in [1.54, 1.807) is 6.92 Å². The first kappa shape index (κ1) is 15.8. The molecule has 0 aliphatic carbocycles. The maximum Gasteiger partial charge on any atom is 0.321 e. The van der Waals surface area contributed by atoms with E-state index >= 15 is 0 Å². The molecule has 0 aromatic rings. The van der Waals surface area contributed by atoms with Gasteiger partial charge in [0, 0.05) is 12.3 Å². The van der Waals surface area contributed by atoms with Crippen LogP contribution in [0.15, 0.2) is 0 Å². The van der Waals surface area contributed by atoms with Gasteiger partial charge in [-0.25, -0.2) is 4.79 Å². The second kappa shape index (κ2) is 7.94. The second-order valence-electron chi connectivity index (χ2n) is 3.44. The number of amides is 3. The van der Waals surface area contributed by atoms with Crippen LogP contribution >= 0.6 is 11.8 Å². The van der Waals surface area contributed by atoms with E-state index in [9.17, 15) is 14.4 Å². The smallest absolute Gasteiger partial charge is 0.321 e. The minimum Gasteiger partial charge on any atom is -0.469 e. The maximum absolute atomic E-state index is 11.5. The zero-order valence-electron chi connectivity index (χ0n) is 10.4. The Morgan fingerprint density at radius 2 is 1.88 bits per heavy atom. The highest BCUT2D eigenvalue weighted by atomic mass is 32.2. The van der Waals surface area contributed by atoms with Gasteiger partial charge in [0.05, 0.1) is 18.8 Å². The number of rotatable bonds is 5. The molecule has 0 saturated heterocycles. The molecule has 0 bridgehead atoms. The molecule has 2 N–H and O–H groups in total. The number of hydrogen-bond acceptors (Lipinski definition) is 5. The molecule has 0 saturated carbocycles. The lowest BCUT2D eigenvalue weighted by atomic mass is 10.3. The van der Waals surface area contributed by atoms with Gasteiger partial charge in [0.2, 0.25) is 5.91 Å². The number of methoxy groups -OCH3 is 1. The van der Waals surface area contributed by atoms with Crippen LogP contribution in [0, 0.1) is 0 Å². The van der Waals surface area contributed by atoms with Crippen molar-refractivity contribution in [1.82, 2.24) is 10.6 Å². The molecular weight excluding hydrogens is 244 g/mol. The lowest BCUT2D eigenvalue weighted by Crippen LogP contribution is -2.41. The molecule has 0 aliphatic rings. The Hall–Kier alpha value is -1.24. The highest BCUT2D eigenvalue weighted by Gasteiger charge is 2.20. The predicted octanol–water partition coefficient (Wildman–Crippen LogP) is 0.515. The lowest BCUT2D eigenvalue weighted by Gasteiger charge is -2.15.